The topological polar surface area (TPSA) is 135 Å². The number of carbonyl (C=O) groups is 4. The Labute approximate surface area is 230 Å². The summed E-state index contributed by atoms with van der Waals surface area (Å²) in [6.45, 7) is 4.92. The highest BCUT2D eigenvalue weighted by molar-refractivity contribution is 5.95. The first-order valence-corrected chi connectivity index (χ1v) is 13.3. The highest BCUT2D eigenvalue weighted by Gasteiger charge is 2.17. The number of hydrogen-bond acceptors (Lipinski definition) is 8. The lowest BCUT2D eigenvalue weighted by Gasteiger charge is -2.14. The highest BCUT2D eigenvalue weighted by Crippen LogP contribution is 2.04. The number of ether oxygens (including phenoxy) is 2. The molecule has 0 saturated heterocycles. The summed E-state index contributed by atoms with van der Waals surface area (Å²) >= 11 is 0. The van der Waals surface area contributed by atoms with E-state index in [0.29, 0.717) is 13.1 Å². The van der Waals surface area contributed by atoms with Gasteiger partial charge < -0.3 is 20.1 Å². The Balaban J connectivity index is 1.43. The molecular formula is C29H40N4O6. The van der Waals surface area contributed by atoms with Crippen LogP contribution in [0.25, 0.3) is 0 Å². The van der Waals surface area contributed by atoms with Gasteiger partial charge in [0.1, 0.15) is 13.2 Å². The highest BCUT2D eigenvalue weighted by atomic mass is 16.6. The molecule has 0 bridgehead atoms. The van der Waals surface area contributed by atoms with Gasteiger partial charge in [-0.3, -0.25) is 20.2 Å². The van der Waals surface area contributed by atoms with Crippen LogP contribution in [-0.4, -0.2) is 49.2 Å². The molecule has 10 heteroatoms. The molecule has 2 aromatic rings. The van der Waals surface area contributed by atoms with Gasteiger partial charge in [-0.15, -0.1) is 0 Å². The minimum atomic E-state index is -0.763. The van der Waals surface area contributed by atoms with Crippen molar-refractivity contribution in [1.29, 1.82) is 0 Å². The number of benzene rings is 2. The summed E-state index contributed by atoms with van der Waals surface area (Å²) in [5.74, 6) is -0.858. The molecule has 0 saturated carbocycles. The predicted octanol–water partition coefficient (Wildman–Crippen LogP) is 3.80. The maximum atomic E-state index is 12.1. The molecule has 10 nitrogen and oxygen atoms in total. The molecule has 0 aliphatic heterocycles. The number of hydrogen-bond donors (Lipinski definition) is 4. The number of unbranched alkanes of at least 4 members (excludes halogenated alkanes) is 4. The smallest absolute Gasteiger partial charge is 0.414 e. The van der Waals surface area contributed by atoms with E-state index in [-0.39, 0.29) is 13.2 Å². The molecule has 2 rings (SSSR count). The quantitative estimate of drug-likeness (QED) is 0.236. The monoisotopic (exact) mass is 540 g/mol. The second-order valence-corrected chi connectivity index (χ2v) is 9.22. The number of rotatable bonds is 16. The van der Waals surface area contributed by atoms with Crippen LogP contribution in [0.15, 0.2) is 60.7 Å². The second kappa shape index (κ2) is 18.5. The summed E-state index contributed by atoms with van der Waals surface area (Å²) in [6, 6.07) is 17.5. The Morgan fingerprint density at radius 1 is 0.590 bits per heavy atom. The Morgan fingerprint density at radius 2 is 0.949 bits per heavy atom. The zero-order valence-electron chi connectivity index (χ0n) is 22.7. The summed E-state index contributed by atoms with van der Waals surface area (Å²) in [4.78, 5) is 47.9. The van der Waals surface area contributed by atoms with E-state index in [1.54, 1.807) is 13.8 Å². The van der Waals surface area contributed by atoms with Crippen LogP contribution in [0.3, 0.4) is 0 Å². The van der Waals surface area contributed by atoms with Crippen molar-refractivity contribution in [3.63, 3.8) is 0 Å². The average molecular weight is 541 g/mol. The van der Waals surface area contributed by atoms with E-state index in [9.17, 15) is 19.2 Å². The van der Waals surface area contributed by atoms with Crippen LogP contribution in [0.1, 0.15) is 57.1 Å². The van der Waals surface area contributed by atoms with Crippen molar-refractivity contribution >= 4 is 24.0 Å². The zero-order valence-corrected chi connectivity index (χ0v) is 22.7. The van der Waals surface area contributed by atoms with Crippen molar-refractivity contribution in [1.82, 2.24) is 21.3 Å². The van der Waals surface area contributed by atoms with E-state index in [4.69, 9.17) is 9.47 Å². The van der Waals surface area contributed by atoms with Crippen molar-refractivity contribution < 1.29 is 28.7 Å². The molecule has 0 aliphatic rings. The molecule has 0 heterocycles. The maximum absolute atomic E-state index is 12.1. The minimum absolute atomic E-state index is 0.104. The lowest BCUT2D eigenvalue weighted by atomic mass is 10.1. The molecule has 0 aliphatic carbocycles. The normalized spacial score (nSPS) is 12.2. The lowest BCUT2D eigenvalue weighted by Crippen LogP contribution is -2.45. The first kappa shape index (κ1) is 31.5. The summed E-state index contributed by atoms with van der Waals surface area (Å²) in [5, 5.41) is 10.7. The van der Waals surface area contributed by atoms with Crippen LogP contribution in [0, 0.1) is 0 Å². The summed E-state index contributed by atoms with van der Waals surface area (Å²) in [6.07, 6.45) is 3.26. The number of nitrogens with one attached hydrogen (secondary N) is 4. The third kappa shape index (κ3) is 14.1. The van der Waals surface area contributed by atoms with Gasteiger partial charge in [0.15, 0.2) is 0 Å². The van der Waals surface area contributed by atoms with Gasteiger partial charge >= 0.3 is 12.2 Å². The van der Waals surface area contributed by atoms with Crippen LogP contribution in [-0.2, 0) is 32.3 Å². The van der Waals surface area contributed by atoms with E-state index < -0.39 is 36.1 Å². The molecule has 0 unspecified atom stereocenters. The van der Waals surface area contributed by atoms with Gasteiger partial charge in [-0.2, -0.15) is 0 Å². The van der Waals surface area contributed by atoms with E-state index in [0.717, 1.165) is 43.2 Å². The van der Waals surface area contributed by atoms with Gasteiger partial charge in [0.05, 0.1) is 12.1 Å². The number of imide groups is 2. The molecule has 0 aromatic heterocycles. The van der Waals surface area contributed by atoms with Crippen LogP contribution < -0.4 is 21.3 Å². The SMILES string of the molecule is C[C@H](NCCCCCCCN[C@@H](C)C(=O)NC(=O)OCc1ccccc1)C(=O)NC(=O)OCc1ccccc1. The van der Waals surface area contributed by atoms with E-state index in [2.05, 4.69) is 21.3 Å². The van der Waals surface area contributed by atoms with Gasteiger partial charge in [-0.25, -0.2) is 9.59 Å². The van der Waals surface area contributed by atoms with Crippen LogP contribution in [0.4, 0.5) is 9.59 Å². The fourth-order valence-electron chi connectivity index (χ4n) is 3.54. The standard InChI is InChI=1S/C29H40N4O6/c1-22(26(34)32-28(36)38-20-24-14-8-6-9-15-24)30-18-12-4-3-5-13-19-31-23(2)27(35)33-29(37)39-21-25-16-10-7-11-17-25/h6-11,14-17,22-23,30-31H,3-5,12-13,18-21H2,1-2H3,(H,32,34,36)(H,33,35,37)/t22-,23-/m0/s1. The Morgan fingerprint density at radius 3 is 1.33 bits per heavy atom. The molecule has 4 amide bonds. The predicted molar refractivity (Wildman–Crippen MR) is 148 cm³/mol. The van der Waals surface area contributed by atoms with Gasteiger partial charge in [0.25, 0.3) is 0 Å². The second-order valence-electron chi connectivity index (χ2n) is 9.22. The Hall–Kier alpha value is -3.76. The molecule has 0 fully saturated rings. The third-order valence-electron chi connectivity index (χ3n) is 5.92. The molecule has 0 spiro atoms. The average Bonchev–Trinajstić information content (AvgIpc) is 2.94. The Kier molecular flexibility index (Phi) is 14.9. The third-order valence-corrected chi connectivity index (χ3v) is 5.92. The summed E-state index contributed by atoms with van der Waals surface area (Å²) < 4.78 is 10.1. The number of carbonyl (C=O) groups excluding carboxylic acids is 4. The summed E-state index contributed by atoms with van der Waals surface area (Å²) in [5.41, 5.74) is 1.69. The van der Waals surface area contributed by atoms with E-state index in [1.165, 1.54) is 0 Å². The number of amides is 4. The molecule has 4 N–H and O–H groups in total. The van der Waals surface area contributed by atoms with Gasteiger partial charge in [0, 0.05) is 0 Å². The van der Waals surface area contributed by atoms with Crippen molar-refractivity contribution in [2.75, 3.05) is 13.1 Å². The first-order chi connectivity index (χ1) is 18.8. The molecule has 2 atom stereocenters. The first-order valence-electron chi connectivity index (χ1n) is 13.3. The minimum Gasteiger partial charge on any atom is -0.444 e. The van der Waals surface area contributed by atoms with Gasteiger partial charge in [-0.1, -0.05) is 79.9 Å². The van der Waals surface area contributed by atoms with E-state index >= 15 is 0 Å². The molecule has 0 radical (unpaired) electrons. The maximum Gasteiger partial charge on any atom is 0.414 e. The fraction of sp³-hybridized carbons (Fsp3) is 0.448. The van der Waals surface area contributed by atoms with Gasteiger partial charge in [0.2, 0.25) is 11.8 Å². The molecular weight excluding hydrogens is 500 g/mol. The Bertz CT molecular complexity index is 937. The zero-order chi connectivity index (χ0) is 28.3. The molecule has 39 heavy (non-hydrogen) atoms. The van der Waals surface area contributed by atoms with Crippen LogP contribution in [0.2, 0.25) is 0 Å². The van der Waals surface area contributed by atoms with Crippen molar-refractivity contribution in [2.45, 2.75) is 71.2 Å². The lowest BCUT2D eigenvalue weighted by molar-refractivity contribution is -0.123. The van der Waals surface area contributed by atoms with Crippen LogP contribution in [0.5, 0.6) is 0 Å². The van der Waals surface area contributed by atoms with E-state index in [1.807, 2.05) is 60.7 Å². The molecule has 2 aromatic carbocycles. The molecule has 212 valence electrons. The summed E-state index contributed by atoms with van der Waals surface area (Å²) in [7, 11) is 0. The number of alkyl carbamates (subject to hydrolysis) is 2. The van der Waals surface area contributed by atoms with Crippen molar-refractivity contribution in [3.8, 4) is 0 Å². The van der Waals surface area contributed by atoms with Crippen LogP contribution >= 0.6 is 0 Å². The van der Waals surface area contributed by atoms with Crippen molar-refractivity contribution in [2.24, 2.45) is 0 Å². The largest absolute Gasteiger partial charge is 0.444 e. The van der Waals surface area contributed by atoms with Gasteiger partial charge in [-0.05, 0) is 50.9 Å². The fourth-order valence-corrected chi connectivity index (χ4v) is 3.54. The van der Waals surface area contributed by atoms with Crippen molar-refractivity contribution in [3.05, 3.63) is 71.8 Å².